The van der Waals surface area contributed by atoms with E-state index in [2.05, 4.69) is 19.1 Å². The van der Waals surface area contributed by atoms with Crippen LogP contribution < -0.4 is 0 Å². The first-order valence-electron chi connectivity index (χ1n) is 6.68. The van der Waals surface area contributed by atoms with Crippen LogP contribution in [0.3, 0.4) is 0 Å². The Morgan fingerprint density at radius 2 is 1.93 bits per heavy atom. The summed E-state index contributed by atoms with van der Waals surface area (Å²) in [7, 11) is 0. The van der Waals surface area contributed by atoms with Crippen molar-refractivity contribution in [1.29, 1.82) is 0 Å². The highest BCUT2D eigenvalue weighted by molar-refractivity contribution is 4.98. The predicted octanol–water partition coefficient (Wildman–Crippen LogP) is 3.94. The normalized spacial score (nSPS) is 35.9. The van der Waals surface area contributed by atoms with Gasteiger partial charge in [0.2, 0.25) is 0 Å². The van der Waals surface area contributed by atoms with Gasteiger partial charge < -0.3 is 4.74 Å². The second-order valence-electron chi connectivity index (χ2n) is 5.14. The summed E-state index contributed by atoms with van der Waals surface area (Å²) in [6.45, 7) is 3.28. The van der Waals surface area contributed by atoms with E-state index in [1.165, 1.54) is 44.9 Å². The smallest absolute Gasteiger partial charge is 0.0581 e. The average Bonchev–Trinajstić information content (AvgIpc) is 2.74. The van der Waals surface area contributed by atoms with Crippen LogP contribution in [0.4, 0.5) is 0 Å². The first kappa shape index (κ1) is 11.2. The molecule has 15 heavy (non-hydrogen) atoms. The Bertz CT molecular complexity index is 203. The summed E-state index contributed by atoms with van der Waals surface area (Å²) in [5.74, 6) is 1.68. The molecule has 0 aromatic carbocycles. The zero-order valence-electron chi connectivity index (χ0n) is 9.95. The van der Waals surface area contributed by atoms with Gasteiger partial charge in [-0.2, -0.15) is 0 Å². The van der Waals surface area contributed by atoms with Crippen LogP contribution in [0.15, 0.2) is 12.2 Å². The van der Waals surface area contributed by atoms with Gasteiger partial charge in [0, 0.05) is 6.61 Å². The maximum absolute atomic E-state index is 5.70. The Kier molecular flexibility index (Phi) is 4.25. The van der Waals surface area contributed by atoms with Crippen molar-refractivity contribution >= 4 is 0 Å². The first-order chi connectivity index (χ1) is 7.38. The zero-order chi connectivity index (χ0) is 10.5. The number of hydrogen-bond donors (Lipinski definition) is 0. The van der Waals surface area contributed by atoms with E-state index in [9.17, 15) is 0 Å². The molecule has 1 aliphatic carbocycles. The van der Waals surface area contributed by atoms with Crippen LogP contribution in [-0.4, -0.2) is 12.7 Å². The highest BCUT2D eigenvalue weighted by Crippen LogP contribution is 2.30. The Labute approximate surface area is 93.9 Å². The van der Waals surface area contributed by atoms with Crippen molar-refractivity contribution in [2.75, 3.05) is 6.61 Å². The van der Waals surface area contributed by atoms with Gasteiger partial charge in [-0.1, -0.05) is 25.5 Å². The van der Waals surface area contributed by atoms with Gasteiger partial charge in [0.25, 0.3) is 0 Å². The minimum atomic E-state index is 0.572. The monoisotopic (exact) mass is 208 g/mol. The van der Waals surface area contributed by atoms with Crippen LogP contribution >= 0.6 is 0 Å². The van der Waals surface area contributed by atoms with E-state index in [0.717, 1.165) is 18.4 Å². The fourth-order valence-electron chi connectivity index (χ4n) is 2.91. The molecule has 0 aromatic heterocycles. The molecule has 0 N–H and O–H groups in total. The highest BCUT2D eigenvalue weighted by atomic mass is 16.5. The van der Waals surface area contributed by atoms with Crippen LogP contribution in [0.5, 0.6) is 0 Å². The summed E-state index contributed by atoms with van der Waals surface area (Å²) < 4.78 is 5.70. The maximum Gasteiger partial charge on any atom is 0.0581 e. The van der Waals surface area contributed by atoms with Crippen LogP contribution in [0.1, 0.15) is 51.9 Å². The summed E-state index contributed by atoms with van der Waals surface area (Å²) in [5, 5.41) is 0. The lowest BCUT2D eigenvalue weighted by molar-refractivity contribution is 0.0924. The summed E-state index contributed by atoms with van der Waals surface area (Å²) in [6, 6.07) is 0. The molecule has 1 fully saturated rings. The Hall–Kier alpha value is -0.300. The fourth-order valence-corrected chi connectivity index (χ4v) is 2.91. The van der Waals surface area contributed by atoms with Gasteiger partial charge in [0.1, 0.15) is 0 Å². The van der Waals surface area contributed by atoms with Crippen molar-refractivity contribution in [2.45, 2.75) is 58.0 Å². The number of allylic oxidation sites excluding steroid dienone is 2. The predicted molar refractivity (Wildman–Crippen MR) is 63.9 cm³/mol. The molecule has 3 atom stereocenters. The Balaban J connectivity index is 1.73. The summed E-state index contributed by atoms with van der Waals surface area (Å²) in [4.78, 5) is 0. The molecule has 0 spiro atoms. The van der Waals surface area contributed by atoms with Gasteiger partial charge in [-0.05, 0) is 50.4 Å². The first-order valence-corrected chi connectivity index (χ1v) is 6.68. The van der Waals surface area contributed by atoms with Crippen LogP contribution in [0.25, 0.3) is 0 Å². The number of ether oxygens (including phenoxy) is 1. The standard InChI is InChI=1S/C14H24O/c1-2-4-12-6-8-13(9-7-12)11-14-5-3-10-15-14/h6,8,12-14H,2-5,7,9-11H2,1H3. The van der Waals surface area contributed by atoms with Crippen molar-refractivity contribution in [3.63, 3.8) is 0 Å². The average molecular weight is 208 g/mol. The van der Waals surface area contributed by atoms with Crippen molar-refractivity contribution in [3.05, 3.63) is 12.2 Å². The molecule has 2 aliphatic rings. The lowest BCUT2D eigenvalue weighted by Crippen LogP contribution is -2.15. The molecule has 0 aromatic rings. The van der Waals surface area contributed by atoms with Gasteiger partial charge >= 0.3 is 0 Å². The van der Waals surface area contributed by atoms with Gasteiger partial charge in [0.05, 0.1) is 6.10 Å². The minimum absolute atomic E-state index is 0.572. The van der Waals surface area contributed by atoms with E-state index in [4.69, 9.17) is 4.74 Å². The molecule has 0 radical (unpaired) electrons. The summed E-state index contributed by atoms with van der Waals surface area (Å²) >= 11 is 0. The van der Waals surface area contributed by atoms with E-state index in [0.29, 0.717) is 6.10 Å². The SMILES string of the molecule is CCCC1C=CC(CC2CCCO2)CC1. The largest absolute Gasteiger partial charge is 0.378 e. The number of rotatable bonds is 4. The second-order valence-corrected chi connectivity index (χ2v) is 5.14. The molecule has 86 valence electrons. The van der Waals surface area contributed by atoms with Crippen LogP contribution in [-0.2, 0) is 4.74 Å². The van der Waals surface area contributed by atoms with E-state index < -0.39 is 0 Å². The van der Waals surface area contributed by atoms with Crippen LogP contribution in [0, 0.1) is 11.8 Å². The second kappa shape index (κ2) is 5.69. The van der Waals surface area contributed by atoms with E-state index in [1.54, 1.807) is 0 Å². The molecule has 1 nitrogen and oxygen atoms in total. The molecule has 1 heteroatoms. The van der Waals surface area contributed by atoms with Crippen molar-refractivity contribution < 1.29 is 4.74 Å². The lowest BCUT2D eigenvalue weighted by Gasteiger charge is -2.24. The molecule has 1 aliphatic heterocycles. The Morgan fingerprint density at radius 1 is 1.13 bits per heavy atom. The van der Waals surface area contributed by atoms with E-state index in [-0.39, 0.29) is 0 Å². The minimum Gasteiger partial charge on any atom is -0.378 e. The maximum atomic E-state index is 5.70. The molecule has 0 saturated carbocycles. The third-order valence-corrected chi connectivity index (χ3v) is 3.81. The number of hydrogen-bond acceptors (Lipinski definition) is 1. The van der Waals surface area contributed by atoms with Crippen LogP contribution in [0.2, 0.25) is 0 Å². The van der Waals surface area contributed by atoms with Crippen molar-refractivity contribution in [3.8, 4) is 0 Å². The molecule has 0 amide bonds. The Morgan fingerprint density at radius 3 is 2.53 bits per heavy atom. The van der Waals surface area contributed by atoms with Gasteiger partial charge in [-0.3, -0.25) is 0 Å². The lowest BCUT2D eigenvalue weighted by atomic mass is 9.83. The zero-order valence-corrected chi connectivity index (χ0v) is 9.95. The van der Waals surface area contributed by atoms with E-state index in [1.807, 2.05) is 0 Å². The molecule has 3 unspecified atom stereocenters. The van der Waals surface area contributed by atoms with Crippen molar-refractivity contribution in [2.24, 2.45) is 11.8 Å². The highest BCUT2D eigenvalue weighted by Gasteiger charge is 2.22. The van der Waals surface area contributed by atoms with Crippen molar-refractivity contribution in [1.82, 2.24) is 0 Å². The fraction of sp³-hybridized carbons (Fsp3) is 0.857. The molecule has 1 heterocycles. The van der Waals surface area contributed by atoms with E-state index >= 15 is 0 Å². The topological polar surface area (TPSA) is 9.23 Å². The molecule has 0 bridgehead atoms. The third kappa shape index (κ3) is 3.34. The molecule has 1 saturated heterocycles. The molecule has 2 rings (SSSR count). The quantitative estimate of drug-likeness (QED) is 0.636. The molecular weight excluding hydrogens is 184 g/mol. The summed E-state index contributed by atoms with van der Waals surface area (Å²) in [6.07, 6.45) is 14.8. The third-order valence-electron chi connectivity index (χ3n) is 3.81. The van der Waals surface area contributed by atoms with Gasteiger partial charge in [-0.15, -0.1) is 0 Å². The summed E-state index contributed by atoms with van der Waals surface area (Å²) in [5.41, 5.74) is 0. The van der Waals surface area contributed by atoms with Gasteiger partial charge in [0.15, 0.2) is 0 Å². The molecular formula is C14H24O. The van der Waals surface area contributed by atoms with Gasteiger partial charge in [-0.25, -0.2) is 0 Å².